The molecule has 2 rings (SSSR count). The van der Waals surface area contributed by atoms with Gasteiger partial charge >= 0.3 is 0 Å². The Morgan fingerprint density at radius 3 is 1.89 bits per heavy atom. The van der Waals surface area contributed by atoms with Gasteiger partial charge in [-0.1, -0.05) is 38.5 Å². The number of amides is 1. The Bertz CT molecular complexity index is 262. The summed E-state index contributed by atoms with van der Waals surface area (Å²) in [5, 5.41) is 0. The van der Waals surface area contributed by atoms with Crippen molar-refractivity contribution in [3.8, 4) is 0 Å². The summed E-state index contributed by atoms with van der Waals surface area (Å²) < 4.78 is 0. The molecule has 0 aromatic rings. The molecule has 1 saturated carbocycles. The summed E-state index contributed by atoms with van der Waals surface area (Å²) in [7, 11) is 0. The minimum atomic E-state index is -0.221. The van der Waals surface area contributed by atoms with Crippen molar-refractivity contribution in [1.29, 1.82) is 0 Å². The monoisotopic (exact) mass is 252 g/mol. The second-order valence-corrected chi connectivity index (χ2v) is 6.11. The van der Waals surface area contributed by atoms with Gasteiger partial charge in [0.2, 0.25) is 5.91 Å². The molecule has 3 heteroatoms. The molecule has 0 aromatic carbocycles. The van der Waals surface area contributed by atoms with Crippen LogP contribution in [0.5, 0.6) is 0 Å². The van der Waals surface area contributed by atoms with Crippen LogP contribution in [0.1, 0.15) is 64.2 Å². The van der Waals surface area contributed by atoms with E-state index in [0.29, 0.717) is 12.5 Å². The highest BCUT2D eigenvalue weighted by Crippen LogP contribution is 2.36. The highest BCUT2D eigenvalue weighted by molar-refractivity contribution is 5.83. The molecular weight excluding hydrogens is 224 g/mol. The topological polar surface area (TPSA) is 46.3 Å². The molecule has 0 spiro atoms. The summed E-state index contributed by atoms with van der Waals surface area (Å²) in [6.07, 6.45) is 11.8. The lowest BCUT2D eigenvalue weighted by molar-refractivity contribution is -0.142. The molecule has 0 unspecified atom stereocenters. The van der Waals surface area contributed by atoms with Crippen molar-refractivity contribution in [3.63, 3.8) is 0 Å². The molecule has 0 bridgehead atoms. The zero-order chi connectivity index (χ0) is 12.8. The maximum Gasteiger partial charge on any atom is 0.230 e. The first kappa shape index (κ1) is 13.9. The van der Waals surface area contributed by atoms with Gasteiger partial charge in [-0.25, -0.2) is 0 Å². The van der Waals surface area contributed by atoms with Gasteiger partial charge in [-0.2, -0.15) is 0 Å². The Labute approximate surface area is 111 Å². The minimum Gasteiger partial charge on any atom is -0.342 e. The van der Waals surface area contributed by atoms with Gasteiger partial charge in [0.05, 0.1) is 5.41 Å². The number of likely N-dealkylation sites (tertiary alicyclic amines) is 1. The lowest BCUT2D eigenvalue weighted by Crippen LogP contribution is -2.48. The molecule has 0 radical (unpaired) electrons. The van der Waals surface area contributed by atoms with Gasteiger partial charge < -0.3 is 10.6 Å². The normalized spacial score (nSPS) is 25.3. The highest BCUT2D eigenvalue weighted by atomic mass is 16.2. The Kier molecular flexibility index (Phi) is 5.04. The molecule has 1 aliphatic carbocycles. The molecule has 0 atom stereocenters. The van der Waals surface area contributed by atoms with E-state index in [1.54, 1.807) is 0 Å². The molecule has 1 aliphatic heterocycles. The summed E-state index contributed by atoms with van der Waals surface area (Å²) in [6, 6.07) is 0. The minimum absolute atomic E-state index is 0.221. The highest BCUT2D eigenvalue weighted by Gasteiger charge is 2.39. The fraction of sp³-hybridized carbons (Fsp3) is 0.933. The van der Waals surface area contributed by atoms with Crippen molar-refractivity contribution in [3.05, 3.63) is 0 Å². The molecule has 3 nitrogen and oxygen atoms in total. The Morgan fingerprint density at radius 2 is 1.39 bits per heavy atom. The van der Waals surface area contributed by atoms with Crippen LogP contribution in [-0.4, -0.2) is 30.4 Å². The van der Waals surface area contributed by atoms with Gasteiger partial charge in [-0.15, -0.1) is 0 Å². The second kappa shape index (κ2) is 6.55. The van der Waals surface area contributed by atoms with E-state index in [-0.39, 0.29) is 5.41 Å². The Morgan fingerprint density at radius 1 is 0.889 bits per heavy atom. The van der Waals surface area contributed by atoms with Crippen molar-refractivity contribution < 1.29 is 4.79 Å². The van der Waals surface area contributed by atoms with E-state index < -0.39 is 0 Å². The summed E-state index contributed by atoms with van der Waals surface area (Å²) in [6.45, 7) is 2.46. The van der Waals surface area contributed by atoms with Gasteiger partial charge in [0.1, 0.15) is 0 Å². The van der Waals surface area contributed by atoms with Gasteiger partial charge in [-0.3, -0.25) is 4.79 Å². The fourth-order valence-corrected chi connectivity index (χ4v) is 3.52. The van der Waals surface area contributed by atoms with Crippen LogP contribution in [0.15, 0.2) is 0 Å². The molecule has 1 heterocycles. The van der Waals surface area contributed by atoms with E-state index in [0.717, 1.165) is 25.9 Å². The van der Waals surface area contributed by atoms with Crippen molar-refractivity contribution in [2.75, 3.05) is 19.6 Å². The van der Waals surface area contributed by atoms with Crippen LogP contribution in [0.4, 0.5) is 0 Å². The summed E-state index contributed by atoms with van der Waals surface area (Å²) in [5.41, 5.74) is 5.79. The van der Waals surface area contributed by atoms with Crippen LogP contribution in [0.25, 0.3) is 0 Å². The molecular formula is C15H28N2O. The maximum atomic E-state index is 12.9. The molecule has 18 heavy (non-hydrogen) atoms. The average molecular weight is 252 g/mol. The zero-order valence-electron chi connectivity index (χ0n) is 11.6. The average Bonchev–Trinajstić information content (AvgIpc) is 2.81. The first-order valence-electron chi connectivity index (χ1n) is 7.78. The van der Waals surface area contributed by atoms with Gasteiger partial charge in [0.25, 0.3) is 0 Å². The van der Waals surface area contributed by atoms with E-state index in [9.17, 15) is 4.79 Å². The summed E-state index contributed by atoms with van der Waals surface area (Å²) >= 11 is 0. The third-order valence-corrected chi connectivity index (χ3v) is 4.80. The lowest BCUT2D eigenvalue weighted by atomic mass is 9.79. The van der Waals surface area contributed by atoms with E-state index in [1.807, 2.05) is 0 Å². The SMILES string of the molecule is NCC1(C(=O)N2CCCCCC2)CCCCCC1. The third kappa shape index (κ3) is 3.05. The maximum absolute atomic E-state index is 12.9. The van der Waals surface area contributed by atoms with E-state index >= 15 is 0 Å². The Balaban J connectivity index is 2.06. The first-order chi connectivity index (χ1) is 8.78. The van der Waals surface area contributed by atoms with Crippen LogP contribution in [-0.2, 0) is 4.79 Å². The van der Waals surface area contributed by atoms with E-state index in [4.69, 9.17) is 5.73 Å². The number of nitrogens with zero attached hydrogens (tertiary/aromatic N) is 1. The predicted octanol–water partition coefficient (Wildman–Crippen LogP) is 2.69. The van der Waals surface area contributed by atoms with Crippen LogP contribution in [0, 0.1) is 5.41 Å². The second-order valence-electron chi connectivity index (χ2n) is 6.11. The number of carbonyl (C=O) groups excluding carboxylic acids is 1. The molecule has 1 amide bonds. The standard InChI is InChI=1S/C15H28N2O/c16-13-15(9-5-1-2-6-10-15)14(18)17-11-7-3-4-8-12-17/h1-13,16H2. The summed E-state index contributed by atoms with van der Waals surface area (Å²) in [5.74, 6) is 0.369. The van der Waals surface area contributed by atoms with Gasteiger partial charge in [-0.05, 0) is 25.7 Å². The van der Waals surface area contributed by atoms with Crippen molar-refractivity contribution in [2.24, 2.45) is 11.1 Å². The number of nitrogens with two attached hydrogens (primary N) is 1. The number of carbonyl (C=O) groups is 1. The van der Waals surface area contributed by atoms with Crippen molar-refractivity contribution >= 4 is 5.91 Å². The first-order valence-corrected chi connectivity index (χ1v) is 7.78. The molecule has 1 saturated heterocycles. The van der Waals surface area contributed by atoms with Crippen molar-refractivity contribution in [1.82, 2.24) is 4.90 Å². The van der Waals surface area contributed by atoms with Crippen LogP contribution >= 0.6 is 0 Å². The summed E-state index contributed by atoms with van der Waals surface area (Å²) in [4.78, 5) is 15.0. The molecule has 104 valence electrons. The quantitative estimate of drug-likeness (QED) is 0.768. The molecule has 2 fully saturated rings. The van der Waals surface area contributed by atoms with Gasteiger partial charge in [0.15, 0.2) is 0 Å². The van der Waals surface area contributed by atoms with Crippen LogP contribution < -0.4 is 5.73 Å². The smallest absolute Gasteiger partial charge is 0.230 e. The number of rotatable bonds is 2. The van der Waals surface area contributed by atoms with Gasteiger partial charge in [0, 0.05) is 19.6 Å². The number of hydrogen-bond donors (Lipinski definition) is 1. The molecule has 2 N–H and O–H groups in total. The largest absolute Gasteiger partial charge is 0.342 e. The van der Waals surface area contributed by atoms with Crippen LogP contribution in [0.2, 0.25) is 0 Å². The fourth-order valence-electron chi connectivity index (χ4n) is 3.52. The third-order valence-electron chi connectivity index (χ3n) is 4.80. The van der Waals surface area contributed by atoms with Crippen molar-refractivity contribution in [2.45, 2.75) is 64.2 Å². The lowest BCUT2D eigenvalue weighted by Gasteiger charge is -2.35. The Hall–Kier alpha value is -0.570. The van der Waals surface area contributed by atoms with E-state index in [1.165, 1.54) is 51.4 Å². The molecule has 2 aliphatic rings. The van der Waals surface area contributed by atoms with E-state index in [2.05, 4.69) is 4.90 Å². The predicted molar refractivity (Wildman–Crippen MR) is 74.2 cm³/mol. The number of hydrogen-bond acceptors (Lipinski definition) is 2. The molecule has 0 aromatic heterocycles. The van der Waals surface area contributed by atoms with Crippen LogP contribution in [0.3, 0.4) is 0 Å². The zero-order valence-corrected chi connectivity index (χ0v) is 11.6.